The van der Waals surface area contributed by atoms with Crippen molar-refractivity contribution in [3.63, 3.8) is 0 Å². The summed E-state index contributed by atoms with van der Waals surface area (Å²) in [4.78, 5) is 53.0. The summed E-state index contributed by atoms with van der Waals surface area (Å²) in [5, 5.41) is 3.02. The van der Waals surface area contributed by atoms with Crippen LogP contribution in [-0.2, 0) is 14.4 Å². The molecule has 2 atom stereocenters. The van der Waals surface area contributed by atoms with Crippen LogP contribution in [0.5, 0.6) is 0 Å². The predicted octanol–water partition coefficient (Wildman–Crippen LogP) is 1.65. The Morgan fingerprint density at radius 3 is 2.20 bits per heavy atom. The topological polar surface area (TPSA) is 102 Å². The third kappa shape index (κ3) is 3.47. The van der Waals surface area contributed by atoms with Gasteiger partial charge >= 0.3 is 12.1 Å². The van der Waals surface area contributed by atoms with Crippen molar-refractivity contribution in [1.29, 1.82) is 0 Å². The van der Waals surface area contributed by atoms with E-state index in [9.17, 15) is 19.2 Å². The first-order valence-electron chi connectivity index (χ1n) is 7.86. The monoisotopic (exact) mass is 346 g/mol. The molecule has 3 amide bonds. The second-order valence-electron chi connectivity index (χ2n) is 6.96. The van der Waals surface area contributed by atoms with Gasteiger partial charge in [0.15, 0.2) is 0 Å². The number of hydrogen-bond acceptors (Lipinski definition) is 6. The van der Waals surface area contributed by atoms with E-state index in [-0.39, 0.29) is 11.1 Å². The molecule has 1 aliphatic heterocycles. The first-order chi connectivity index (χ1) is 11.7. The van der Waals surface area contributed by atoms with E-state index in [1.807, 2.05) is 0 Å². The van der Waals surface area contributed by atoms with Gasteiger partial charge in [-0.1, -0.05) is 17.2 Å². The fraction of sp³-hybridized carbons (Fsp3) is 0.412. The van der Waals surface area contributed by atoms with Gasteiger partial charge in [-0.2, -0.15) is 0 Å². The van der Waals surface area contributed by atoms with Crippen molar-refractivity contribution in [3.8, 4) is 0 Å². The van der Waals surface area contributed by atoms with Crippen LogP contribution in [0.4, 0.5) is 4.79 Å². The molecule has 8 nitrogen and oxygen atoms in total. The molecule has 0 saturated heterocycles. The molecule has 2 aliphatic rings. The number of fused-ring (bicyclic) bond motifs is 1. The predicted molar refractivity (Wildman–Crippen MR) is 84.3 cm³/mol. The van der Waals surface area contributed by atoms with Crippen LogP contribution in [0.2, 0.25) is 0 Å². The van der Waals surface area contributed by atoms with Crippen molar-refractivity contribution < 1.29 is 28.8 Å². The van der Waals surface area contributed by atoms with Crippen LogP contribution >= 0.6 is 0 Å². The summed E-state index contributed by atoms with van der Waals surface area (Å²) in [5.41, 5.74) is -0.256. The van der Waals surface area contributed by atoms with E-state index in [1.165, 1.54) is 12.1 Å². The Morgan fingerprint density at radius 1 is 1.12 bits per heavy atom. The quantitative estimate of drug-likeness (QED) is 0.835. The second kappa shape index (κ2) is 5.87. The van der Waals surface area contributed by atoms with Crippen LogP contribution in [0.25, 0.3) is 0 Å². The summed E-state index contributed by atoms with van der Waals surface area (Å²) in [6, 6.07) is 5.80. The number of benzene rings is 1. The molecule has 1 N–H and O–H groups in total. The van der Waals surface area contributed by atoms with Crippen molar-refractivity contribution in [1.82, 2.24) is 10.4 Å². The third-order valence-corrected chi connectivity index (χ3v) is 3.73. The number of imide groups is 1. The van der Waals surface area contributed by atoms with Gasteiger partial charge < -0.3 is 14.9 Å². The summed E-state index contributed by atoms with van der Waals surface area (Å²) in [7, 11) is 0. The Bertz CT molecular complexity index is 732. The van der Waals surface area contributed by atoms with E-state index in [4.69, 9.17) is 9.57 Å². The van der Waals surface area contributed by atoms with Crippen LogP contribution in [-0.4, -0.2) is 40.6 Å². The normalized spacial score (nSPS) is 21.6. The van der Waals surface area contributed by atoms with E-state index >= 15 is 0 Å². The van der Waals surface area contributed by atoms with Crippen LogP contribution in [0, 0.1) is 5.92 Å². The largest absolute Gasteiger partial charge is 0.444 e. The van der Waals surface area contributed by atoms with Crippen LogP contribution < -0.4 is 5.32 Å². The number of carbonyl (C=O) groups is 4. The molecule has 1 heterocycles. The van der Waals surface area contributed by atoms with Crippen molar-refractivity contribution in [3.05, 3.63) is 35.4 Å². The molecule has 132 valence electrons. The molecule has 0 unspecified atom stereocenters. The van der Waals surface area contributed by atoms with Gasteiger partial charge in [0.05, 0.1) is 17.0 Å². The van der Waals surface area contributed by atoms with Gasteiger partial charge in [-0.3, -0.25) is 9.59 Å². The summed E-state index contributed by atoms with van der Waals surface area (Å²) >= 11 is 0. The van der Waals surface area contributed by atoms with E-state index < -0.39 is 41.4 Å². The standard InChI is InChI=1S/C17H18N2O6/c1-17(2,3)24-16(23)18-12-8-11(12)15(22)25-19-13(20)9-6-4-5-7-10(9)14(19)21/h4-7,11-12H,8H2,1-3H3,(H,18,23)/t11-,12+/m0/s1. The summed E-state index contributed by atoms with van der Waals surface area (Å²) < 4.78 is 5.11. The summed E-state index contributed by atoms with van der Waals surface area (Å²) in [6.45, 7) is 5.19. The van der Waals surface area contributed by atoms with Crippen molar-refractivity contribution in [2.45, 2.75) is 38.8 Å². The highest BCUT2D eigenvalue weighted by Crippen LogP contribution is 2.33. The summed E-state index contributed by atoms with van der Waals surface area (Å²) in [5.74, 6) is -2.70. The zero-order valence-corrected chi connectivity index (χ0v) is 14.1. The van der Waals surface area contributed by atoms with Gasteiger partial charge in [-0.25, -0.2) is 9.59 Å². The van der Waals surface area contributed by atoms with E-state index in [0.29, 0.717) is 11.5 Å². The first-order valence-corrected chi connectivity index (χ1v) is 7.86. The maximum Gasteiger partial charge on any atom is 0.407 e. The number of amides is 3. The van der Waals surface area contributed by atoms with Crippen LogP contribution in [0.3, 0.4) is 0 Å². The molecule has 0 aromatic heterocycles. The maximum absolute atomic E-state index is 12.1. The highest BCUT2D eigenvalue weighted by molar-refractivity contribution is 6.20. The van der Waals surface area contributed by atoms with Gasteiger partial charge in [0.2, 0.25) is 0 Å². The third-order valence-electron chi connectivity index (χ3n) is 3.73. The highest BCUT2D eigenvalue weighted by Gasteiger charge is 2.49. The number of ether oxygens (including phenoxy) is 1. The van der Waals surface area contributed by atoms with E-state index in [2.05, 4.69) is 5.32 Å². The Labute approximate surface area is 144 Å². The van der Waals surface area contributed by atoms with Crippen molar-refractivity contribution in [2.75, 3.05) is 0 Å². The zero-order valence-electron chi connectivity index (χ0n) is 14.1. The lowest BCUT2D eigenvalue weighted by molar-refractivity contribution is -0.170. The molecule has 3 rings (SSSR count). The van der Waals surface area contributed by atoms with Crippen LogP contribution in [0.1, 0.15) is 47.9 Å². The Morgan fingerprint density at radius 2 is 1.68 bits per heavy atom. The fourth-order valence-corrected chi connectivity index (χ4v) is 2.48. The molecule has 1 aromatic rings. The molecule has 1 fully saturated rings. The zero-order chi connectivity index (χ0) is 18.4. The molecule has 8 heteroatoms. The van der Waals surface area contributed by atoms with Gasteiger partial charge in [0.1, 0.15) is 5.60 Å². The lowest BCUT2D eigenvalue weighted by Crippen LogP contribution is -2.37. The van der Waals surface area contributed by atoms with Gasteiger partial charge in [-0.05, 0) is 39.3 Å². The molecule has 25 heavy (non-hydrogen) atoms. The minimum atomic E-state index is -0.740. The number of hydroxylamine groups is 2. The second-order valence-corrected chi connectivity index (χ2v) is 6.96. The molecular weight excluding hydrogens is 328 g/mol. The molecule has 1 saturated carbocycles. The Hall–Kier alpha value is -2.90. The fourth-order valence-electron chi connectivity index (χ4n) is 2.48. The van der Waals surface area contributed by atoms with E-state index in [0.717, 1.165) is 0 Å². The number of alkyl carbamates (subject to hydrolysis) is 1. The highest BCUT2D eigenvalue weighted by atomic mass is 16.7. The van der Waals surface area contributed by atoms with Gasteiger partial charge in [0.25, 0.3) is 11.8 Å². The van der Waals surface area contributed by atoms with Crippen LogP contribution in [0.15, 0.2) is 24.3 Å². The number of nitrogens with one attached hydrogen (secondary N) is 1. The average molecular weight is 346 g/mol. The molecule has 1 aromatic carbocycles. The maximum atomic E-state index is 12.1. The number of rotatable bonds is 3. The molecule has 0 spiro atoms. The lowest BCUT2D eigenvalue weighted by atomic mass is 10.1. The molecule has 0 bridgehead atoms. The number of hydrogen-bond donors (Lipinski definition) is 1. The Kier molecular flexibility index (Phi) is 3.98. The van der Waals surface area contributed by atoms with Gasteiger partial charge in [-0.15, -0.1) is 0 Å². The number of carbonyl (C=O) groups excluding carboxylic acids is 4. The SMILES string of the molecule is CC(C)(C)OC(=O)N[C@@H]1C[C@@H]1C(=O)ON1C(=O)c2ccccc2C1=O. The molecule has 0 radical (unpaired) electrons. The molecule has 1 aliphatic carbocycles. The average Bonchev–Trinajstić information content (AvgIpc) is 3.23. The number of nitrogens with zero attached hydrogens (tertiary/aromatic N) is 1. The Balaban J connectivity index is 1.56. The summed E-state index contributed by atoms with van der Waals surface area (Å²) in [6.07, 6.45) is -0.269. The first kappa shape index (κ1) is 16.9. The van der Waals surface area contributed by atoms with Gasteiger partial charge in [0, 0.05) is 6.04 Å². The lowest BCUT2D eigenvalue weighted by Gasteiger charge is -2.19. The molecular formula is C17H18N2O6. The minimum Gasteiger partial charge on any atom is -0.444 e. The minimum absolute atomic E-state index is 0.194. The smallest absolute Gasteiger partial charge is 0.407 e. The van der Waals surface area contributed by atoms with Crippen molar-refractivity contribution >= 4 is 23.9 Å². The van der Waals surface area contributed by atoms with Crippen molar-refractivity contribution in [2.24, 2.45) is 5.92 Å². The van der Waals surface area contributed by atoms with E-state index in [1.54, 1.807) is 32.9 Å².